The highest BCUT2D eigenvalue weighted by Crippen LogP contribution is 2.22. The van der Waals surface area contributed by atoms with Gasteiger partial charge in [-0.25, -0.2) is 4.79 Å². The maximum Gasteiger partial charge on any atom is 0.446 e. The fraction of sp³-hybridized carbons (Fsp3) is 0.576. The van der Waals surface area contributed by atoms with E-state index in [4.69, 9.17) is 29.8 Å². The fourth-order valence-electron chi connectivity index (χ4n) is 13.3. The molecule has 0 aliphatic heterocycles. The van der Waals surface area contributed by atoms with Crippen molar-refractivity contribution in [2.24, 2.45) is 11.7 Å². The standard InChI is InChI=1S/C85H125N13O28S/c1-55(2)45-64(79(111)90-52-72(101)93-66(48-59-51-89-62-28-24-23-27-61(59)62)80(112)91-56(3)83(115)98(5)69(50-77(108)109)84(116)97(4)68(78(86)110)47-57-25-19-18-20-26-57)95-81(113)65(46-58-31-33-60(34-32-58)126-127(119,120)121)96-82(114)67(49-76(106)107)94-74(103)54-125-44-42-123-40-38-88-73(102)53-124-43-41-122-39-37-87-70(99)36-35-63(85(117)118)92-71(100)29-21-16-14-12-10-8-6-7-9-11-13-15-17-22-30-75(104)105/h18-20,23-28,31-34,51,55-56,63-69,89H,6-17,21-22,29-30,35-50,52-54H2,1-5H3,(H2,86,110)(H,87,99)(H,88,102)(H,90,111)(H,91,112)(H,92,100)(H,93,101)(H,94,103)(H,95,113)(H,96,114)(H,104,105)(H,106,107)(H,108,109)(H,117,118)(H,119,120,121)/t56-,63-,64-,65-,66-,67-,68-,69+/m0/s1. The average molecular weight is 1810 g/mol. The number of carboxylic acids is 4. The number of rotatable bonds is 68. The second kappa shape index (κ2) is 59.3. The number of carbonyl (C=O) groups excluding carboxylic acids is 12. The minimum absolute atomic E-state index is 0.0105. The number of benzene rings is 3. The number of nitrogens with one attached hydrogen (secondary N) is 10. The van der Waals surface area contributed by atoms with Crippen molar-refractivity contribution in [2.45, 2.75) is 223 Å². The van der Waals surface area contributed by atoms with Crippen LogP contribution in [0.2, 0.25) is 0 Å². The number of aromatic nitrogens is 1. The predicted octanol–water partition coefficient (Wildman–Crippen LogP) is 2.05. The van der Waals surface area contributed by atoms with Gasteiger partial charge < -0.3 is 112 Å². The molecule has 42 heteroatoms. The first-order valence-corrected chi connectivity index (χ1v) is 43.7. The molecule has 12 amide bonds. The van der Waals surface area contributed by atoms with E-state index in [1.807, 2.05) is 0 Å². The summed E-state index contributed by atoms with van der Waals surface area (Å²) in [7, 11) is -2.62. The molecule has 0 bridgehead atoms. The molecule has 0 unspecified atom stereocenters. The molecule has 0 saturated carbocycles. The Morgan fingerprint density at radius 3 is 1.49 bits per heavy atom. The van der Waals surface area contributed by atoms with Crippen molar-refractivity contribution in [3.05, 3.63) is 102 Å². The number of carbonyl (C=O) groups is 16. The highest BCUT2D eigenvalue weighted by Gasteiger charge is 2.39. The molecular weight excluding hydrogens is 1680 g/mol. The monoisotopic (exact) mass is 1810 g/mol. The number of primary amides is 1. The molecule has 0 radical (unpaired) electrons. The van der Waals surface area contributed by atoms with E-state index in [2.05, 4.69) is 57.0 Å². The minimum atomic E-state index is -4.99. The van der Waals surface area contributed by atoms with E-state index in [0.717, 1.165) is 86.8 Å². The summed E-state index contributed by atoms with van der Waals surface area (Å²) in [6.45, 7) is 2.72. The summed E-state index contributed by atoms with van der Waals surface area (Å²) in [6, 6.07) is 7.87. The first kappa shape index (κ1) is 108. The van der Waals surface area contributed by atoms with Crippen LogP contribution in [-0.2, 0) is 125 Å². The Balaban J connectivity index is 1.24. The number of unbranched alkanes of at least 4 members (excludes halogenated alkanes) is 13. The molecule has 41 nitrogen and oxygen atoms in total. The van der Waals surface area contributed by atoms with Gasteiger partial charge in [-0.2, -0.15) is 8.42 Å². The van der Waals surface area contributed by atoms with Gasteiger partial charge in [-0.15, -0.1) is 0 Å². The Labute approximate surface area is 737 Å². The zero-order valence-corrected chi connectivity index (χ0v) is 73.4. The molecule has 127 heavy (non-hydrogen) atoms. The lowest BCUT2D eigenvalue weighted by molar-refractivity contribution is -0.152. The van der Waals surface area contributed by atoms with Crippen LogP contribution in [0.25, 0.3) is 10.9 Å². The third kappa shape index (κ3) is 45.3. The largest absolute Gasteiger partial charge is 0.481 e. The molecule has 4 aromatic rings. The van der Waals surface area contributed by atoms with Gasteiger partial charge in [0, 0.05) is 82.8 Å². The number of carboxylic acid groups (broad SMARTS) is 4. The Morgan fingerprint density at radius 2 is 0.929 bits per heavy atom. The molecule has 3 aromatic carbocycles. The topological polar surface area (TPSA) is 611 Å². The number of aliphatic carboxylic acids is 4. The molecule has 704 valence electrons. The van der Waals surface area contributed by atoms with Crippen LogP contribution in [0.15, 0.2) is 85.1 Å². The van der Waals surface area contributed by atoms with Crippen LogP contribution in [0.3, 0.4) is 0 Å². The van der Waals surface area contributed by atoms with Crippen molar-refractivity contribution in [3.63, 3.8) is 0 Å². The van der Waals surface area contributed by atoms with Crippen LogP contribution in [0, 0.1) is 5.92 Å². The zero-order valence-electron chi connectivity index (χ0n) is 72.5. The highest BCUT2D eigenvalue weighted by molar-refractivity contribution is 7.81. The van der Waals surface area contributed by atoms with E-state index in [9.17, 15) is 105 Å². The smallest absolute Gasteiger partial charge is 0.446 e. The van der Waals surface area contributed by atoms with E-state index in [0.29, 0.717) is 28.5 Å². The lowest BCUT2D eigenvalue weighted by atomic mass is 10.0. The van der Waals surface area contributed by atoms with E-state index >= 15 is 0 Å². The first-order valence-electron chi connectivity index (χ1n) is 42.4. The van der Waals surface area contributed by atoms with Crippen molar-refractivity contribution in [1.82, 2.24) is 62.6 Å². The Hall–Kier alpha value is -11.7. The normalized spacial score (nSPS) is 13.2. The van der Waals surface area contributed by atoms with Crippen LogP contribution in [0.5, 0.6) is 5.75 Å². The fourth-order valence-corrected chi connectivity index (χ4v) is 13.7. The third-order valence-electron chi connectivity index (χ3n) is 20.0. The number of H-pyrrole nitrogens is 1. The minimum Gasteiger partial charge on any atom is -0.481 e. The van der Waals surface area contributed by atoms with Crippen molar-refractivity contribution < 1.29 is 133 Å². The molecule has 1 aromatic heterocycles. The predicted molar refractivity (Wildman–Crippen MR) is 459 cm³/mol. The molecule has 8 atom stereocenters. The quantitative estimate of drug-likeness (QED) is 0.0222. The van der Waals surface area contributed by atoms with E-state index in [-0.39, 0.29) is 127 Å². The first-order chi connectivity index (χ1) is 60.4. The molecule has 0 spiro atoms. The van der Waals surface area contributed by atoms with Gasteiger partial charge in [0.05, 0.1) is 59.0 Å². The maximum absolute atomic E-state index is 14.5. The summed E-state index contributed by atoms with van der Waals surface area (Å²) >= 11 is 0. The van der Waals surface area contributed by atoms with Gasteiger partial charge in [0.15, 0.2) is 0 Å². The van der Waals surface area contributed by atoms with Gasteiger partial charge in [0.2, 0.25) is 70.9 Å². The second-order valence-electron chi connectivity index (χ2n) is 31.0. The van der Waals surface area contributed by atoms with Crippen LogP contribution < -0.4 is 57.8 Å². The second-order valence-corrected chi connectivity index (χ2v) is 32.0. The van der Waals surface area contributed by atoms with E-state index in [1.165, 1.54) is 51.8 Å². The number of fused-ring (bicyclic) bond motifs is 1. The highest BCUT2D eigenvalue weighted by atomic mass is 32.3. The van der Waals surface area contributed by atoms with Gasteiger partial charge >= 0.3 is 34.3 Å². The van der Waals surface area contributed by atoms with Crippen LogP contribution >= 0.6 is 0 Å². The van der Waals surface area contributed by atoms with Crippen LogP contribution in [-0.4, -0.2) is 278 Å². The van der Waals surface area contributed by atoms with Crippen LogP contribution in [0.1, 0.15) is 172 Å². The number of aromatic amines is 1. The lowest BCUT2D eigenvalue weighted by Gasteiger charge is -2.34. The summed E-state index contributed by atoms with van der Waals surface area (Å²) in [5.41, 5.74) is 7.69. The number of hydrogen-bond donors (Lipinski definition) is 16. The van der Waals surface area contributed by atoms with E-state index in [1.54, 1.807) is 74.6 Å². The molecule has 0 saturated heterocycles. The summed E-state index contributed by atoms with van der Waals surface area (Å²) in [5, 5.41) is 61.2. The summed E-state index contributed by atoms with van der Waals surface area (Å²) in [6.07, 6.45) is 13.4. The molecule has 0 aliphatic rings. The zero-order chi connectivity index (χ0) is 93.8. The number of hydrogen-bond acceptors (Lipinski definition) is 23. The number of nitrogens with zero attached hydrogens (tertiary/aromatic N) is 2. The summed E-state index contributed by atoms with van der Waals surface area (Å²) in [5.74, 6) is -16.1. The summed E-state index contributed by atoms with van der Waals surface area (Å²) < 4.78 is 58.2. The van der Waals surface area contributed by atoms with Crippen molar-refractivity contribution >= 4 is 116 Å². The lowest BCUT2D eigenvalue weighted by Crippen LogP contribution is -2.59. The van der Waals surface area contributed by atoms with Crippen molar-refractivity contribution in [3.8, 4) is 5.75 Å². The Bertz CT molecular complexity index is 4330. The van der Waals surface area contributed by atoms with Gasteiger partial charge in [-0.3, -0.25) is 76.5 Å². The third-order valence-corrected chi connectivity index (χ3v) is 20.4. The molecule has 17 N–H and O–H groups in total. The maximum atomic E-state index is 14.5. The SMILES string of the molecule is CC(C)C[C@H](NC(=O)[C@H](Cc1ccc(OS(=O)(=O)O)cc1)NC(=O)[C@H](CC(=O)O)NC(=O)COCCOCCNC(=O)COCCOCCNC(=O)CC[C@H](NC(=O)CCCCCCCCCCCCCCCCC(=O)O)C(=O)O)C(=O)NCC(=O)N[C@@H](Cc1c[nH]c2ccccc12)C(=O)N[C@@H](C)C(=O)N(C)[C@H](CC(=O)O)C(=O)N(C)[C@@H](Cc1ccccc1)C(N)=O. The molecule has 0 aliphatic carbocycles. The Kier molecular flexibility index (Phi) is 50.2. The van der Waals surface area contributed by atoms with Crippen molar-refractivity contribution in [1.29, 1.82) is 0 Å². The summed E-state index contributed by atoms with van der Waals surface area (Å²) in [4.78, 5) is 214. The van der Waals surface area contributed by atoms with Crippen molar-refractivity contribution in [2.75, 3.05) is 86.6 Å². The average Bonchev–Trinajstić information content (AvgIpc) is 1.80. The Morgan fingerprint density at radius 1 is 0.441 bits per heavy atom. The molecule has 1 heterocycles. The van der Waals surface area contributed by atoms with Gasteiger partial charge in [0.25, 0.3) is 0 Å². The van der Waals surface area contributed by atoms with Gasteiger partial charge in [-0.1, -0.05) is 152 Å². The molecule has 4 rings (SSSR count). The number of para-hydroxylation sites is 1. The van der Waals surface area contributed by atoms with Gasteiger partial charge in [-0.05, 0) is 73.4 Å². The van der Waals surface area contributed by atoms with Crippen LogP contribution in [0.4, 0.5) is 0 Å². The molecule has 0 fully saturated rings. The number of ether oxygens (including phenoxy) is 4. The number of nitrogens with two attached hydrogens (primary N) is 1. The number of amides is 12. The van der Waals surface area contributed by atoms with Gasteiger partial charge in [0.1, 0.15) is 67.3 Å². The molecular formula is C85H125N13O28S. The number of likely N-dealkylation sites (N-methyl/N-ethyl adjacent to an activating group) is 2. The van der Waals surface area contributed by atoms with E-state index < -0.39 is 180 Å².